The normalized spacial score (nSPS) is 12.5. The van der Waals surface area contributed by atoms with Crippen LogP contribution in [0.15, 0.2) is 30.3 Å². The first-order chi connectivity index (χ1) is 8.09. The molecule has 0 aliphatic heterocycles. The van der Waals surface area contributed by atoms with E-state index in [9.17, 15) is 4.79 Å². The van der Waals surface area contributed by atoms with Gasteiger partial charge in [-0.25, -0.2) is 0 Å². The van der Waals surface area contributed by atoms with E-state index in [2.05, 4.69) is 31.3 Å². The topological polar surface area (TPSA) is 55.1 Å². The number of benzene rings is 1. The molecule has 0 aromatic heterocycles. The maximum atomic E-state index is 11.6. The van der Waals surface area contributed by atoms with Crippen LogP contribution in [-0.2, 0) is 11.2 Å². The van der Waals surface area contributed by atoms with Gasteiger partial charge in [0.25, 0.3) is 0 Å². The number of hydrogen-bond donors (Lipinski definition) is 2. The lowest BCUT2D eigenvalue weighted by atomic mass is 10.0. The van der Waals surface area contributed by atoms with Gasteiger partial charge in [-0.15, -0.1) is 0 Å². The van der Waals surface area contributed by atoms with Crippen LogP contribution < -0.4 is 11.1 Å². The van der Waals surface area contributed by atoms with Crippen molar-refractivity contribution in [1.82, 2.24) is 5.32 Å². The van der Waals surface area contributed by atoms with Crippen molar-refractivity contribution in [2.75, 3.05) is 6.54 Å². The Morgan fingerprint density at radius 2 is 1.94 bits per heavy atom. The van der Waals surface area contributed by atoms with Gasteiger partial charge in [0.1, 0.15) is 0 Å². The summed E-state index contributed by atoms with van der Waals surface area (Å²) in [6, 6.07) is 9.72. The van der Waals surface area contributed by atoms with Crippen molar-refractivity contribution in [3.05, 3.63) is 35.9 Å². The lowest BCUT2D eigenvalue weighted by Gasteiger charge is -2.14. The van der Waals surface area contributed by atoms with E-state index in [1.807, 2.05) is 18.2 Å². The van der Waals surface area contributed by atoms with E-state index in [1.165, 1.54) is 5.56 Å². The van der Waals surface area contributed by atoms with Crippen molar-refractivity contribution >= 4 is 5.91 Å². The summed E-state index contributed by atoms with van der Waals surface area (Å²) in [6.45, 7) is 4.78. The summed E-state index contributed by atoms with van der Waals surface area (Å²) < 4.78 is 0. The third-order valence-corrected chi connectivity index (χ3v) is 2.62. The first kappa shape index (κ1) is 13.7. The molecule has 0 aliphatic carbocycles. The molecule has 0 saturated carbocycles. The highest BCUT2D eigenvalue weighted by molar-refractivity contribution is 5.81. The molecule has 0 heterocycles. The Kier molecular flexibility index (Phi) is 5.70. The van der Waals surface area contributed by atoms with Crippen LogP contribution in [0.1, 0.15) is 25.8 Å². The smallest absolute Gasteiger partial charge is 0.236 e. The molecule has 0 aliphatic rings. The molecule has 1 rings (SSSR count). The van der Waals surface area contributed by atoms with Crippen LogP contribution >= 0.6 is 0 Å². The Hall–Kier alpha value is -1.35. The highest BCUT2D eigenvalue weighted by Crippen LogP contribution is 2.03. The molecule has 17 heavy (non-hydrogen) atoms. The second kappa shape index (κ2) is 7.07. The van der Waals surface area contributed by atoms with Crippen LogP contribution in [0.3, 0.4) is 0 Å². The molecule has 0 radical (unpaired) electrons. The molecule has 1 aromatic carbocycles. The monoisotopic (exact) mass is 234 g/mol. The maximum Gasteiger partial charge on any atom is 0.236 e. The highest BCUT2D eigenvalue weighted by atomic mass is 16.2. The van der Waals surface area contributed by atoms with Gasteiger partial charge < -0.3 is 11.1 Å². The van der Waals surface area contributed by atoms with Gasteiger partial charge in [0.15, 0.2) is 0 Å². The van der Waals surface area contributed by atoms with E-state index in [-0.39, 0.29) is 11.9 Å². The van der Waals surface area contributed by atoms with Crippen molar-refractivity contribution in [1.29, 1.82) is 0 Å². The number of amides is 1. The summed E-state index contributed by atoms with van der Waals surface area (Å²) in [5.41, 5.74) is 7.01. The average molecular weight is 234 g/mol. The summed E-state index contributed by atoms with van der Waals surface area (Å²) in [4.78, 5) is 11.6. The third-order valence-electron chi connectivity index (χ3n) is 2.62. The molecule has 0 fully saturated rings. The van der Waals surface area contributed by atoms with Gasteiger partial charge in [-0.3, -0.25) is 4.79 Å². The fourth-order valence-corrected chi connectivity index (χ4v) is 1.72. The van der Waals surface area contributed by atoms with Gasteiger partial charge in [-0.1, -0.05) is 44.2 Å². The molecular formula is C14H22N2O. The van der Waals surface area contributed by atoms with Crippen LogP contribution in [0.5, 0.6) is 0 Å². The fraction of sp³-hybridized carbons (Fsp3) is 0.500. The van der Waals surface area contributed by atoms with Crippen LogP contribution in [0.2, 0.25) is 0 Å². The Morgan fingerprint density at radius 1 is 1.29 bits per heavy atom. The molecule has 3 nitrogen and oxygen atoms in total. The number of rotatable bonds is 6. The lowest BCUT2D eigenvalue weighted by Crippen LogP contribution is -2.42. The van der Waals surface area contributed by atoms with Crippen molar-refractivity contribution in [2.45, 2.75) is 32.7 Å². The van der Waals surface area contributed by atoms with Crippen molar-refractivity contribution < 1.29 is 4.79 Å². The summed E-state index contributed by atoms with van der Waals surface area (Å²) in [5, 5.41) is 2.87. The van der Waals surface area contributed by atoms with Gasteiger partial charge in [-0.05, 0) is 24.3 Å². The van der Waals surface area contributed by atoms with E-state index in [1.54, 1.807) is 0 Å². The Balaban J connectivity index is 2.24. The van der Waals surface area contributed by atoms with Crippen molar-refractivity contribution in [3.8, 4) is 0 Å². The van der Waals surface area contributed by atoms with Gasteiger partial charge in [0, 0.05) is 6.54 Å². The van der Waals surface area contributed by atoms with E-state index < -0.39 is 0 Å². The summed E-state index contributed by atoms with van der Waals surface area (Å²) in [7, 11) is 0. The van der Waals surface area contributed by atoms with Crippen LogP contribution in [0.4, 0.5) is 0 Å². The standard InChI is InChI=1S/C14H22N2O/c1-11(2)10-13(15)14(17)16-9-8-12-6-4-3-5-7-12/h3-7,11,13H,8-10,15H2,1-2H3,(H,16,17)/t13-/m0/s1. The first-order valence-corrected chi connectivity index (χ1v) is 6.17. The molecule has 1 atom stereocenters. The SMILES string of the molecule is CC(C)C[C@H](N)C(=O)NCCc1ccccc1. The maximum absolute atomic E-state index is 11.6. The van der Waals surface area contributed by atoms with Crippen LogP contribution in [0.25, 0.3) is 0 Å². The molecule has 0 spiro atoms. The lowest BCUT2D eigenvalue weighted by molar-refractivity contribution is -0.122. The van der Waals surface area contributed by atoms with Crippen molar-refractivity contribution in [2.24, 2.45) is 11.7 Å². The van der Waals surface area contributed by atoms with Gasteiger partial charge in [0.05, 0.1) is 6.04 Å². The predicted molar refractivity (Wildman–Crippen MR) is 70.6 cm³/mol. The minimum atomic E-state index is -0.384. The Bertz CT molecular complexity index is 335. The Morgan fingerprint density at radius 3 is 2.53 bits per heavy atom. The number of carbonyl (C=O) groups excluding carboxylic acids is 1. The molecule has 1 aromatic rings. The minimum Gasteiger partial charge on any atom is -0.354 e. The summed E-state index contributed by atoms with van der Waals surface area (Å²) in [5.74, 6) is 0.402. The van der Waals surface area contributed by atoms with E-state index in [4.69, 9.17) is 5.73 Å². The summed E-state index contributed by atoms with van der Waals surface area (Å²) in [6.07, 6.45) is 1.58. The van der Waals surface area contributed by atoms with Crippen molar-refractivity contribution in [3.63, 3.8) is 0 Å². The molecule has 0 unspecified atom stereocenters. The first-order valence-electron chi connectivity index (χ1n) is 6.17. The molecule has 3 heteroatoms. The highest BCUT2D eigenvalue weighted by Gasteiger charge is 2.13. The number of nitrogens with one attached hydrogen (secondary N) is 1. The van der Waals surface area contributed by atoms with Gasteiger partial charge in [-0.2, -0.15) is 0 Å². The molecule has 3 N–H and O–H groups in total. The zero-order valence-electron chi connectivity index (χ0n) is 10.6. The zero-order chi connectivity index (χ0) is 12.7. The summed E-state index contributed by atoms with van der Waals surface area (Å²) >= 11 is 0. The number of carbonyl (C=O) groups is 1. The average Bonchev–Trinajstić information content (AvgIpc) is 2.29. The molecule has 0 saturated heterocycles. The number of nitrogens with two attached hydrogens (primary N) is 1. The second-order valence-corrected chi connectivity index (χ2v) is 4.76. The van der Waals surface area contributed by atoms with E-state index in [0.29, 0.717) is 12.5 Å². The predicted octanol–water partition coefficient (Wildman–Crippen LogP) is 1.72. The van der Waals surface area contributed by atoms with E-state index >= 15 is 0 Å². The van der Waals surface area contributed by atoms with Crippen LogP contribution in [0, 0.1) is 5.92 Å². The fourth-order valence-electron chi connectivity index (χ4n) is 1.72. The molecule has 1 amide bonds. The largest absolute Gasteiger partial charge is 0.354 e. The molecule has 94 valence electrons. The van der Waals surface area contributed by atoms with E-state index in [0.717, 1.165) is 12.8 Å². The third kappa shape index (κ3) is 5.50. The quantitative estimate of drug-likeness (QED) is 0.787. The zero-order valence-corrected chi connectivity index (χ0v) is 10.6. The minimum absolute atomic E-state index is 0.0466. The van der Waals surface area contributed by atoms with Gasteiger partial charge >= 0.3 is 0 Å². The Labute approximate surface area is 103 Å². The van der Waals surface area contributed by atoms with Crippen LogP contribution in [-0.4, -0.2) is 18.5 Å². The number of hydrogen-bond acceptors (Lipinski definition) is 2. The molecule has 0 bridgehead atoms. The second-order valence-electron chi connectivity index (χ2n) is 4.76. The van der Waals surface area contributed by atoms with Gasteiger partial charge in [0.2, 0.25) is 5.91 Å². The molecular weight excluding hydrogens is 212 g/mol.